The number of benzene rings is 2. The lowest BCUT2D eigenvalue weighted by Crippen LogP contribution is -2.41. The first-order chi connectivity index (χ1) is 14.0. The van der Waals surface area contributed by atoms with Crippen LogP contribution in [0.2, 0.25) is 5.02 Å². The van der Waals surface area contributed by atoms with E-state index in [0.29, 0.717) is 15.9 Å². The normalized spacial score (nSPS) is 17.9. The summed E-state index contributed by atoms with van der Waals surface area (Å²) in [7, 11) is 1.61. The summed E-state index contributed by atoms with van der Waals surface area (Å²) in [5.41, 5.74) is 4.86. The number of carbonyl (C=O) groups is 1. The summed E-state index contributed by atoms with van der Waals surface area (Å²) in [6, 6.07) is 12.6. The molecule has 1 aromatic heterocycles. The van der Waals surface area contributed by atoms with E-state index < -0.39 is 5.25 Å². The molecule has 2 atom stereocenters. The van der Waals surface area contributed by atoms with Crippen LogP contribution in [-0.4, -0.2) is 33.1 Å². The van der Waals surface area contributed by atoms with Crippen LogP contribution in [0.4, 0.5) is 5.69 Å². The standard InChI is InChI=1S/C19H17BrClN5O2S/c1-10-23-24-19-26(10)25-16(11-7-8-15(28-2)12(20)9-11)17(29-19)18(27)22-14-6-4-3-5-13(14)21/h3-9,16-17,25H,1-2H3,(H,22,27)/t16-,17+/m0/s1. The number of carbonyl (C=O) groups excluding carboxylic acids is 1. The summed E-state index contributed by atoms with van der Waals surface area (Å²) in [5, 5.41) is 11.8. The Bertz CT molecular complexity index is 1080. The van der Waals surface area contributed by atoms with Crippen LogP contribution in [0.5, 0.6) is 5.75 Å². The van der Waals surface area contributed by atoms with Crippen LogP contribution in [0.3, 0.4) is 0 Å². The monoisotopic (exact) mass is 493 g/mol. The molecule has 1 aliphatic heterocycles. The van der Waals surface area contributed by atoms with Crippen molar-refractivity contribution < 1.29 is 9.53 Å². The second kappa shape index (κ2) is 8.25. The Morgan fingerprint density at radius 3 is 2.83 bits per heavy atom. The zero-order valence-corrected chi connectivity index (χ0v) is 18.7. The zero-order chi connectivity index (χ0) is 20.5. The Labute approximate surface area is 185 Å². The van der Waals surface area contributed by atoms with Crippen LogP contribution < -0.4 is 15.5 Å². The second-order valence-electron chi connectivity index (χ2n) is 6.37. The summed E-state index contributed by atoms with van der Waals surface area (Å²) in [5.74, 6) is 1.25. The molecule has 7 nitrogen and oxygen atoms in total. The highest BCUT2D eigenvalue weighted by atomic mass is 79.9. The molecule has 0 aliphatic carbocycles. The first-order valence-electron chi connectivity index (χ1n) is 8.72. The highest BCUT2D eigenvalue weighted by Crippen LogP contribution is 2.39. The first-order valence-corrected chi connectivity index (χ1v) is 10.8. The lowest BCUT2D eigenvalue weighted by molar-refractivity contribution is -0.116. The predicted octanol–water partition coefficient (Wildman–Crippen LogP) is 4.41. The summed E-state index contributed by atoms with van der Waals surface area (Å²) in [6.07, 6.45) is 0. The Morgan fingerprint density at radius 2 is 2.10 bits per heavy atom. The molecule has 2 aromatic carbocycles. The number of ether oxygens (including phenoxy) is 1. The highest BCUT2D eigenvalue weighted by molar-refractivity contribution is 9.10. The van der Waals surface area contributed by atoms with Crippen molar-refractivity contribution in [3.8, 4) is 5.75 Å². The smallest absolute Gasteiger partial charge is 0.240 e. The van der Waals surface area contributed by atoms with E-state index >= 15 is 0 Å². The fourth-order valence-electron chi connectivity index (χ4n) is 3.05. The van der Waals surface area contributed by atoms with Crippen molar-refractivity contribution in [1.82, 2.24) is 14.9 Å². The number of fused-ring (bicyclic) bond motifs is 1. The zero-order valence-electron chi connectivity index (χ0n) is 15.5. The molecule has 2 N–H and O–H groups in total. The number of hydrogen-bond donors (Lipinski definition) is 2. The molecule has 0 saturated heterocycles. The number of nitrogens with zero attached hydrogens (tertiary/aromatic N) is 3. The van der Waals surface area contributed by atoms with E-state index in [1.54, 1.807) is 23.9 Å². The Hall–Kier alpha value is -2.23. The number of thioether (sulfide) groups is 1. The average Bonchev–Trinajstić information content (AvgIpc) is 3.08. The molecule has 0 unspecified atom stereocenters. The first kappa shape index (κ1) is 20.1. The second-order valence-corrected chi connectivity index (χ2v) is 8.74. The van der Waals surface area contributed by atoms with Crippen LogP contribution in [0.1, 0.15) is 17.4 Å². The summed E-state index contributed by atoms with van der Waals surface area (Å²) in [4.78, 5) is 13.2. The SMILES string of the molecule is COc1ccc([C@@H]2Nn3c(C)nnc3S[C@H]2C(=O)Nc2ccccc2Cl)cc1Br. The number of nitrogens with one attached hydrogen (secondary N) is 2. The molecule has 10 heteroatoms. The third-order valence-electron chi connectivity index (χ3n) is 4.52. The van der Waals surface area contributed by atoms with E-state index in [-0.39, 0.29) is 11.9 Å². The summed E-state index contributed by atoms with van der Waals surface area (Å²) >= 11 is 11.1. The van der Waals surface area contributed by atoms with Gasteiger partial charge in [0, 0.05) is 0 Å². The van der Waals surface area contributed by atoms with E-state index in [0.717, 1.165) is 21.6 Å². The number of methoxy groups -OCH3 is 1. The third kappa shape index (κ3) is 3.94. The van der Waals surface area contributed by atoms with Crippen LogP contribution in [0, 0.1) is 6.92 Å². The molecular weight excluding hydrogens is 478 g/mol. The third-order valence-corrected chi connectivity index (χ3v) is 6.69. The molecule has 1 aliphatic rings. The topological polar surface area (TPSA) is 81.1 Å². The number of para-hydroxylation sites is 1. The molecule has 2 heterocycles. The van der Waals surface area contributed by atoms with E-state index in [2.05, 4.69) is 36.9 Å². The molecule has 150 valence electrons. The fraction of sp³-hybridized carbons (Fsp3) is 0.211. The summed E-state index contributed by atoms with van der Waals surface area (Å²) < 4.78 is 7.93. The van der Waals surface area contributed by atoms with Gasteiger partial charge in [-0.2, -0.15) is 0 Å². The molecule has 0 bridgehead atoms. The molecule has 0 spiro atoms. The van der Waals surface area contributed by atoms with Gasteiger partial charge in [0.2, 0.25) is 11.1 Å². The van der Waals surface area contributed by atoms with Crippen LogP contribution in [0.15, 0.2) is 52.1 Å². The molecular formula is C19H17BrClN5O2S. The van der Waals surface area contributed by atoms with Gasteiger partial charge in [-0.05, 0) is 52.7 Å². The Kier molecular flexibility index (Phi) is 5.71. The predicted molar refractivity (Wildman–Crippen MR) is 117 cm³/mol. The van der Waals surface area contributed by atoms with E-state index in [1.165, 1.54) is 11.8 Å². The number of rotatable bonds is 4. The van der Waals surface area contributed by atoms with E-state index in [4.69, 9.17) is 16.3 Å². The molecule has 29 heavy (non-hydrogen) atoms. The van der Waals surface area contributed by atoms with Gasteiger partial charge in [-0.1, -0.05) is 41.6 Å². The maximum absolute atomic E-state index is 13.2. The number of amides is 1. The van der Waals surface area contributed by atoms with Gasteiger partial charge >= 0.3 is 0 Å². The van der Waals surface area contributed by atoms with Crippen molar-refractivity contribution in [2.24, 2.45) is 0 Å². The van der Waals surface area contributed by atoms with E-state index in [9.17, 15) is 4.79 Å². The number of anilines is 1. The summed E-state index contributed by atoms with van der Waals surface area (Å²) in [6.45, 7) is 1.86. The van der Waals surface area contributed by atoms with Crippen LogP contribution in [0.25, 0.3) is 0 Å². The van der Waals surface area contributed by atoms with Gasteiger partial charge in [0.15, 0.2) is 0 Å². The molecule has 4 rings (SSSR count). The van der Waals surface area contributed by atoms with Gasteiger partial charge in [-0.25, -0.2) is 4.68 Å². The Morgan fingerprint density at radius 1 is 1.31 bits per heavy atom. The molecule has 3 aromatic rings. The largest absolute Gasteiger partial charge is 0.496 e. The Balaban J connectivity index is 1.70. The minimum absolute atomic E-state index is 0.181. The molecule has 0 saturated carbocycles. The maximum Gasteiger partial charge on any atom is 0.240 e. The number of aryl methyl sites for hydroxylation is 1. The van der Waals surface area contributed by atoms with Crippen molar-refractivity contribution in [3.63, 3.8) is 0 Å². The highest BCUT2D eigenvalue weighted by Gasteiger charge is 2.37. The maximum atomic E-state index is 13.2. The minimum Gasteiger partial charge on any atom is -0.496 e. The fourth-order valence-corrected chi connectivity index (χ4v) is 4.92. The lowest BCUT2D eigenvalue weighted by Gasteiger charge is -2.33. The van der Waals surface area contributed by atoms with E-state index in [1.807, 2.05) is 37.3 Å². The number of aromatic nitrogens is 3. The van der Waals surface area contributed by atoms with Gasteiger partial charge in [-0.15, -0.1) is 10.2 Å². The van der Waals surface area contributed by atoms with Gasteiger partial charge in [-0.3, -0.25) is 4.79 Å². The molecule has 0 fully saturated rings. The quantitative estimate of drug-likeness (QED) is 0.559. The van der Waals surface area contributed by atoms with Crippen molar-refractivity contribution in [2.45, 2.75) is 23.4 Å². The minimum atomic E-state index is -0.498. The molecule has 0 radical (unpaired) electrons. The number of halogens is 2. The van der Waals surface area contributed by atoms with Crippen molar-refractivity contribution in [2.75, 3.05) is 17.9 Å². The van der Waals surface area contributed by atoms with Crippen molar-refractivity contribution in [3.05, 3.63) is 63.3 Å². The van der Waals surface area contributed by atoms with Gasteiger partial charge < -0.3 is 15.5 Å². The van der Waals surface area contributed by atoms with Crippen molar-refractivity contribution in [1.29, 1.82) is 0 Å². The van der Waals surface area contributed by atoms with Gasteiger partial charge in [0.05, 0.1) is 28.3 Å². The average molecular weight is 495 g/mol. The van der Waals surface area contributed by atoms with Crippen molar-refractivity contribution >= 4 is 50.9 Å². The van der Waals surface area contributed by atoms with Crippen LogP contribution >= 0.6 is 39.3 Å². The number of hydrogen-bond acceptors (Lipinski definition) is 6. The lowest BCUT2D eigenvalue weighted by atomic mass is 10.0. The van der Waals surface area contributed by atoms with Gasteiger partial charge in [0.1, 0.15) is 16.8 Å². The van der Waals surface area contributed by atoms with Crippen LogP contribution in [-0.2, 0) is 4.79 Å². The molecule has 1 amide bonds. The van der Waals surface area contributed by atoms with Gasteiger partial charge in [0.25, 0.3) is 0 Å².